The molecule has 0 aliphatic carbocycles. The summed E-state index contributed by atoms with van der Waals surface area (Å²) < 4.78 is 8.57. The van der Waals surface area contributed by atoms with Gasteiger partial charge in [0, 0.05) is 55.3 Å². The van der Waals surface area contributed by atoms with Crippen molar-refractivity contribution in [2.45, 2.75) is 5.03 Å². The van der Waals surface area contributed by atoms with Crippen LogP contribution in [0.4, 0.5) is 5.69 Å². The van der Waals surface area contributed by atoms with Gasteiger partial charge in [-0.05, 0) is 32.3 Å². The Labute approximate surface area is 199 Å². The molecule has 0 bridgehead atoms. The Balaban J connectivity index is 1.66. The van der Waals surface area contributed by atoms with Crippen LogP contribution in [0.25, 0.3) is 22.7 Å². The van der Waals surface area contributed by atoms with Gasteiger partial charge in [0.1, 0.15) is 0 Å². The molecule has 4 aromatic rings. The Morgan fingerprint density at radius 1 is 0.939 bits per heavy atom. The first-order valence-corrected chi connectivity index (χ1v) is 12.1. The van der Waals surface area contributed by atoms with Crippen LogP contribution in [0.15, 0.2) is 95.8 Å². The molecule has 0 fully saturated rings. The summed E-state index contributed by atoms with van der Waals surface area (Å²) in [4.78, 5) is 4.34. The standard InChI is InChI=1S/C28H28N3OS/c1-29(2)17-18-33-28-20-21(19-27-30(3)25-15-9-10-16-26(25)32-27)23-13-7-8-14-24(23)31(28)22-11-5-4-6-12-22/h4-16,19-20H,17-18H2,1-3H3/q+1. The molecule has 0 N–H and O–H groups in total. The molecule has 0 amide bonds. The molecule has 0 unspecified atom stereocenters. The lowest BCUT2D eigenvalue weighted by molar-refractivity contribution is -0.608. The van der Waals surface area contributed by atoms with E-state index in [-0.39, 0.29) is 0 Å². The van der Waals surface area contributed by atoms with Gasteiger partial charge in [0.05, 0.1) is 11.1 Å². The third kappa shape index (κ3) is 4.34. The number of hydrogen-bond donors (Lipinski definition) is 0. The van der Waals surface area contributed by atoms with Gasteiger partial charge in [-0.15, -0.1) is 4.57 Å². The van der Waals surface area contributed by atoms with E-state index >= 15 is 0 Å². The van der Waals surface area contributed by atoms with Crippen LogP contribution in [0, 0.1) is 0 Å². The molecule has 3 aromatic carbocycles. The molecular formula is C28H28N3OS+. The van der Waals surface area contributed by atoms with Crippen molar-refractivity contribution in [2.24, 2.45) is 0 Å². The molecule has 5 heteroatoms. The summed E-state index contributed by atoms with van der Waals surface area (Å²) in [5.74, 6) is 2.74. The highest BCUT2D eigenvalue weighted by Crippen LogP contribution is 2.38. The second-order valence-corrected chi connectivity index (χ2v) is 9.50. The number of ether oxygens (including phenoxy) is 1. The summed E-state index contributed by atoms with van der Waals surface area (Å²) in [7, 11) is 6.29. The summed E-state index contributed by atoms with van der Waals surface area (Å²) in [6.07, 6.45) is 2.16. The number of nitrogens with zero attached hydrogens (tertiary/aromatic N) is 3. The molecule has 2 heterocycles. The number of pyridine rings is 1. The normalized spacial score (nSPS) is 14.2. The number of aromatic nitrogens is 1. The predicted octanol–water partition coefficient (Wildman–Crippen LogP) is 5.60. The third-order valence-electron chi connectivity index (χ3n) is 5.81. The quantitative estimate of drug-likeness (QED) is 0.279. The van der Waals surface area contributed by atoms with E-state index in [0.717, 1.165) is 35.2 Å². The van der Waals surface area contributed by atoms with Crippen LogP contribution >= 0.6 is 11.8 Å². The average Bonchev–Trinajstić information content (AvgIpc) is 3.15. The van der Waals surface area contributed by atoms with Crippen molar-refractivity contribution in [3.05, 3.63) is 96.4 Å². The molecule has 0 saturated heterocycles. The number of para-hydroxylation sites is 4. The number of thioether (sulfide) groups is 1. The molecule has 33 heavy (non-hydrogen) atoms. The van der Waals surface area contributed by atoms with Crippen LogP contribution in [0.5, 0.6) is 5.75 Å². The zero-order valence-electron chi connectivity index (χ0n) is 19.2. The summed E-state index contributed by atoms with van der Waals surface area (Å²) in [6.45, 7) is 1.02. The van der Waals surface area contributed by atoms with Crippen molar-refractivity contribution in [3.8, 4) is 11.4 Å². The molecule has 166 valence electrons. The molecule has 1 aliphatic rings. The highest BCUT2D eigenvalue weighted by atomic mass is 32.2. The minimum atomic E-state index is 0.836. The van der Waals surface area contributed by atoms with E-state index in [1.54, 1.807) is 0 Å². The summed E-state index contributed by atoms with van der Waals surface area (Å²) in [5.41, 5.74) is 4.59. The van der Waals surface area contributed by atoms with Gasteiger partial charge in [-0.1, -0.05) is 54.2 Å². The number of benzene rings is 3. The van der Waals surface area contributed by atoms with Crippen LogP contribution in [0.2, 0.25) is 0 Å². The summed E-state index contributed by atoms with van der Waals surface area (Å²) in [5, 5.41) is 2.41. The molecule has 0 radical (unpaired) electrons. The van der Waals surface area contributed by atoms with E-state index in [4.69, 9.17) is 4.74 Å². The maximum Gasteiger partial charge on any atom is 0.247 e. The van der Waals surface area contributed by atoms with Gasteiger partial charge in [-0.25, -0.2) is 0 Å². The molecule has 4 nitrogen and oxygen atoms in total. The first-order valence-electron chi connectivity index (χ1n) is 11.1. The van der Waals surface area contributed by atoms with Crippen LogP contribution in [0.3, 0.4) is 0 Å². The second kappa shape index (κ2) is 9.30. The highest BCUT2D eigenvalue weighted by Gasteiger charge is 2.25. The smallest absolute Gasteiger partial charge is 0.247 e. The fourth-order valence-electron chi connectivity index (χ4n) is 4.09. The first kappa shape index (κ1) is 21.6. The molecule has 0 spiro atoms. The maximum absolute atomic E-state index is 6.21. The zero-order valence-corrected chi connectivity index (χ0v) is 20.0. The van der Waals surface area contributed by atoms with Crippen molar-refractivity contribution >= 4 is 34.4 Å². The SMILES string of the molecule is CN(C)CCSc1cc(C=C2Oc3ccccc3N2C)c2ccccc2[n+]1-c1ccccc1. The van der Waals surface area contributed by atoms with Gasteiger partial charge in [0.2, 0.25) is 22.1 Å². The largest absolute Gasteiger partial charge is 0.439 e. The van der Waals surface area contributed by atoms with Crippen LogP contribution < -0.4 is 14.2 Å². The molecule has 0 saturated carbocycles. The van der Waals surface area contributed by atoms with Crippen LogP contribution in [-0.2, 0) is 0 Å². The summed E-state index contributed by atoms with van der Waals surface area (Å²) >= 11 is 1.88. The Morgan fingerprint density at radius 2 is 1.67 bits per heavy atom. The lowest BCUT2D eigenvalue weighted by Gasteiger charge is -2.13. The van der Waals surface area contributed by atoms with Gasteiger partial charge in [0.25, 0.3) is 0 Å². The third-order valence-corrected chi connectivity index (χ3v) is 6.79. The van der Waals surface area contributed by atoms with Crippen molar-refractivity contribution in [1.29, 1.82) is 0 Å². The van der Waals surface area contributed by atoms with Crippen LogP contribution in [-0.4, -0.2) is 38.3 Å². The Morgan fingerprint density at radius 3 is 2.45 bits per heavy atom. The Bertz CT molecular complexity index is 1320. The fourth-order valence-corrected chi connectivity index (χ4v) is 5.30. The molecular weight excluding hydrogens is 426 g/mol. The Hall–Kier alpha value is -3.28. The van der Waals surface area contributed by atoms with Gasteiger partial charge in [-0.2, -0.15) is 0 Å². The van der Waals surface area contributed by atoms with Crippen molar-refractivity contribution in [1.82, 2.24) is 4.90 Å². The number of hydrogen-bond acceptors (Lipinski definition) is 4. The van der Waals surface area contributed by atoms with Crippen molar-refractivity contribution in [3.63, 3.8) is 0 Å². The monoisotopic (exact) mass is 454 g/mol. The Kier molecular flexibility index (Phi) is 6.07. The van der Waals surface area contributed by atoms with E-state index in [1.165, 1.54) is 21.6 Å². The van der Waals surface area contributed by atoms with E-state index in [9.17, 15) is 0 Å². The van der Waals surface area contributed by atoms with Gasteiger partial charge < -0.3 is 14.5 Å². The maximum atomic E-state index is 6.21. The van der Waals surface area contributed by atoms with Gasteiger partial charge in [0.15, 0.2) is 5.75 Å². The van der Waals surface area contributed by atoms with Gasteiger partial charge in [-0.3, -0.25) is 0 Å². The van der Waals surface area contributed by atoms with Crippen molar-refractivity contribution < 1.29 is 9.30 Å². The average molecular weight is 455 g/mol. The van der Waals surface area contributed by atoms with E-state index in [0.29, 0.717) is 0 Å². The topological polar surface area (TPSA) is 19.6 Å². The minimum absolute atomic E-state index is 0.836. The lowest BCUT2D eigenvalue weighted by atomic mass is 10.1. The molecule has 1 aromatic heterocycles. The fraction of sp³-hybridized carbons (Fsp3) is 0.179. The number of fused-ring (bicyclic) bond motifs is 2. The second-order valence-electron chi connectivity index (χ2n) is 8.39. The summed E-state index contributed by atoms with van der Waals surface area (Å²) in [6, 6.07) is 29.7. The van der Waals surface area contributed by atoms with E-state index in [2.05, 4.69) is 108 Å². The van der Waals surface area contributed by atoms with Crippen molar-refractivity contribution in [2.75, 3.05) is 38.3 Å². The highest BCUT2D eigenvalue weighted by molar-refractivity contribution is 7.99. The van der Waals surface area contributed by atoms with E-state index < -0.39 is 0 Å². The number of rotatable bonds is 6. The minimum Gasteiger partial charge on any atom is -0.439 e. The van der Waals surface area contributed by atoms with Crippen LogP contribution in [0.1, 0.15) is 5.56 Å². The number of anilines is 1. The zero-order chi connectivity index (χ0) is 22.8. The first-order chi connectivity index (χ1) is 16.1. The van der Waals surface area contributed by atoms with E-state index in [1.807, 2.05) is 30.0 Å². The predicted molar refractivity (Wildman–Crippen MR) is 138 cm³/mol. The molecule has 0 atom stereocenters. The lowest BCUT2D eigenvalue weighted by Crippen LogP contribution is -2.35. The molecule has 1 aliphatic heterocycles. The molecule has 5 rings (SSSR count). The van der Waals surface area contributed by atoms with Gasteiger partial charge >= 0.3 is 0 Å².